The van der Waals surface area contributed by atoms with Gasteiger partial charge in [-0.05, 0) is 24.1 Å². The molecule has 0 unspecified atom stereocenters. The van der Waals surface area contributed by atoms with Crippen LogP contribution < -0.4 is 4.90 Å². The quantitative estimate of drug-likeness (QED) is 0.831. The molecule has 0 aliphatic carbocycles. The molecule has 2 fully saturated rings. The van der Waals surface area contributed by atoms with Gasteiger partial charge in [-0.25, -0.2) is 0 Å². The molecule has 2 aliphatic rings. The van der Waals surface area contributed by atoms with Crippen molar-refractivity contribution in [3.05, 3.63) is 29.8 Å². The van der Waals surface area contributed by atoms with Crippen LogP contribution in [0.4, 0.5) is 5.69 Å². The molecule has 25 heavy (non-hydrogen) atoms. The van der Waals surface area contributed by atoms with Gasteiger partial charge >= 0.3 is 0 Å². The second-order valence-electron chi connectivity index (χ2n) is 6.76. The Morgan fingerprint density at radius 1 is 1.04 bits per heavy atom. The lowest BCUT2D eigenvalue weighted by atomic mass is 10.1. The highest BCUT2D eigenvalue weighted by molar-refractivity contribution is 6.00. The molecule has 1 aromatic carbocycles. The zero-order valence-corrected chi connectivity index (χ0v) is 14.9. The van der Waals surface area contributed by atoms with Gasteiger partial charge in [0.25, 0.3) is 0 Å². The van der Waals surface area contributed by atoms with Crippen LogP contribution in [0.1, 0.15) is 25.8 Å². The van der Waals surface area contributed by atoms with E-state index in [1.54, 1.807) is 21.6 Å². The van der Waals surface area contributed by atoms with Crippen LogP contribution in [0.3, 0.4) is 0 Å². The van der Waals surface area contributed by atoms with Crippen LogP contribution in [0.25, 0.3) is 0 Å². The summed E-state index contributed by atoms with van der Waals surface area (Å²) in [6, 6.07) is 7.96. The summed E-state index contributed by atoms with van der Waals surface area (Å²) in [4.78, 5) is 41.8. The molecule has 2 heterocycles. The van der Waals surface area contributed by atoms with Crippen molar-refractivity contribution in [2.24, 2.45) is 5.92 Å². The SMILES string of the molecule is CCc1ccc(N2C[C@@H](C(=O)N3CCN(C(C)=O)CC3)CC2=O)cc1. The molecule has 0 saturated carbocycles. The normalized spacial score (nSPS) is 21.0. The van der Waals surface area contributed by atoms with Crippen molar-refractivity contribution >= 4 is 23.4 Å². The zero-order valence-electron chi connectivity index (χ0n) is 14.9. The minimum atomic E-state index is -0.290. The third-order valence-corrected chi connectivity index (χ3v) is 5.17. The minimum Gasteiger partial charge on any atom is -0.339 e. The maximum absolute atomic E-state index is 12.7. The van der Waals surface area contributed by atoms with Gasteiger partial charge in [-0.2, -0.15) is 0 Å². The Morgan fingerprint density at radius 2 is 1.64 bits per heavy atom. The smallest absolute Gasteiger partial charge is 0.228 e. The molecule has 6 nitrogen and oxygen atoms in total. The second kappa shape index (κ2) is 7.25. The average Bonchev–Trinajstić information content (AvgIpc) is 3.03. The number of carbonyl (C=O) groups is 3. The third kappa shape index (κ3) is 3.67. The van der Waals surface area contributed by atoms with E-state index in [0.717, 1.165) is 12.1 Å². The molecule has 0 aromatic heterocycles. The Bertz CT molecular complexity index is 663. The van der Waals surface area contributed by atoms with E-state index in [1.165, 1.54) is 5.56 Å². The van der Waals surface area contributed by atoms with Crippen LogP contribution in [0.5, 0.6) is 0 Å². The number of anilines is 1. The largest absolute Gasteiger partial charge is 0.339 e. The highest BCUT2D eigenvalue weighted by Gasteiger charge is 2.38. The van der Waals surface area contributed by atoms with Crippen molar-refractivity contribution in [2.45, 2.75) is 26.7 Å². The van der Waals surface area contributed by atoms with Crippen LogP contribution in [-0.2, 0) is 20.8 Å². The summed E-state index contributed by atoms with van der Waals surface area (Å²) in [7, 11) is 0. The number of rotatable bonds is 3. The van der Waals surface area contributed by atoms with Crippen molar-refractivity contribution in [3.63, 3.8) is 0 Å². The summed E-state index contributed by atoms with van der Waals surface area (Å²) < 4.78 is 0. The molecule has 2 saturated heterocycles. The van der Waals surface area contributed by atoms with Gasteiger partial charge in [0.15, 0.2) is 0 Å². The van der Waals surface area contributed by atoms with Crippen LogP contribution >= 0.6 is 0 Å². The number of aryl methyl sites for hydroxylation is 1. The molecule has 1 aromatic rings. The number of nitrogens with zero attached hydrogens (tertiary/aromatic N) is 3. The van der Waals surface area contributed by atoms with Gasteiger partial charge in [-0.15, -0.1) is 0 Å². The fourth-order valence-electron chi connectivity index (χ4n) is 3.53. The van der Waals surface area contributed by atoms with Gasteiger partial charge in [0.05, 0.1) is 5.92 Å². The van der Waals surface area contributed by atoms with Crippen molar-refractivity contribution < 1.29 is 14.4 Å². The topological polar surface area (TPSA) is 60.9 Å². The molecule has 6 heteroatoms. The van der Waals surface area contributed by atoms with Crippen LogP contribution in [-0.4, -0.2) is 60.2 Å². The van der Waals surface area contributed by atoms with Crippen molar-refractivity contribution in [2.75, 3.05) is 37.6 Å². The molecule has 0 spiro atoms. The number of carbonyl (C=O) groups excluding carboxylic acids is 3. The standard InChI is InChI=1S/C19H25N3O3/c1-3-15-4-6-17(7-5-15)22-13-16(12-18(22)24)19(25)21-10-8-20(9-11-21)14(2)23/h4-7,16H,3,8-13H2,1-2H3/t16-/m0/s1. The number of hydrogen-bond donors (Lipinski definition) is 0. The lowest BCUT2D eigenvalue weighted by Gasteiger charge is -2.35. The first kappa shape index (κ1) is 17.5. The van der Waals surface area contributed by atoms with E-state index in [2.05, 4.69) is 6.92 Å². The summed E-state index contributed by atoms with van der Waals surface area (Å²) in [5, 5.41) is 0. The predicted octanol–water partition coefficient (Wildman–Crippen LogP) is 1.29. The molecule has 0 bridgehead atoms. The Labute approximate surface area is 148 Å². The first-order valence-electron chi connectivity index (χ1n) is 8.93. The monoisotopic (exact) mass is 343 g/mol. The molecule has 1 atom stereocenters. The molecule has 3 amide bonds. The fraction of sp³-hybridized carbons (Fsp3) is 0.526. The molecule has 3 rings (SSSR count). The molecular formula is C19H25N3O3. The lowest BCUT2D eigenvalue weighted by molar-refractivity contribution is -0.141. The van der Waals surface area contributed by atoms with Gasteiger partial charge in [-0.3, -0.25) is 14.4 Å². The van der Waals surface area contributed by atoms with E-state index < -0.39 is 0 Å². The third-order valence-electron chi connectivity index (χ3n) is 5.17. The maximum Gasteiger partial charge on any atom is 0.228 e. The molecule has 0 radical (unpaired) electrons. The van der Waals surface area contributed by atoms with Gasteiger partial charge < -0.3 is 14.7 Å². The van der Waals surface area contributed by atoms with E-state index in [9.17, 15) is 14.4 Å². The highest BCUT2D eigenvalue weighted by Crippen LogP contribution is 2.27. The van der Waals surface area contributed by atoms with E-state index in [1.807, 2.05) is 24.3 Å². The minimum absolute atomic E-state index is 0.00460. The zero-order chi connectivity index (χ0) is 18.0. The Hall–Kier alpha value is -2.37. The van der Waals surface area contributed by atoms with Gasteiger partial charge in [0, 0.05) is 51.8 Å². The van der Waals surface area contributed by atoms with Crippen LogP contribution in [0.2, 0.25) is 0 Å². The van der Waals surface area contributed by atoms with Gasteiger partial charge in [0.1, 0.15) is 0 Å². The predicted molar refractivity (Wildman–Crippen MR) is 95.1 cm³/mol. The number of amides is 3. The summed E-state index contributed by atoms with van der Waals surface area (Å²) >= 11 is 0. The van der Waals surface area contributed by atoms with E-state index in [0.29, 0.717) is 32.7 Å². The van der Waals surface area contributed by atoms with E-state index >= 15 is 0 Å². The average molecular weight is 343 g/mol. The lowest BCUT2D eigenvalue weighted by Crippen LogP contribution is -2.51. The van der Waals surface area contributed by atoms with Crippen molar-refractivity contribution in [3.8, 4) is 0 Å². The van der Waals surface area contributed by atoms with E-state index in [-0.39, 0.29) is 30.1 Å². The van der Waals surface area contributed by atoms with Gasteiger partial charge in [-0.1, -0.05) is 19.1 Å². The molecule has 0 N–H and O–H groups in total. The van der Waals surface area contributed by atoms with Crippen LogP contribution in [0, 0.1) is 5.92 Å². The Morgan fingerprint density at radius 3 is 2.20 bits per heavy atom. The highest BCUT2D eigenvalue weighted by atomic mass is 16.2. The van der Waals surface area contributed by atoms with Crippen molar-refractivity contribution in [1.82, 2.24) is 9.80 Å². The molecular weight excluding hydrogens is 318 g/mol. The Kier molecular flexibility index (Phi) is 5.06. The molecule has 2 aliphatic heterocycles. The number of hydrogen-bond acceptors (Lipinski definition) is 3. The number of piperazine rings is 1. The summed E-state index contributed by atoms with van der Waals surface area (Å²) in [5.41, 5.74) is 2.09. The van der Waals surface area contributed by atoms with Gasteiger partial charge in [0.2, 0.25) is 17.7 Å². The van der Waals surface area contributed by atoms with E-state index in [4.69, 9.17) is 0 Å². The molecule has 134 valence electrons. The summed E-state index contributed by atoms with van der Waals surface area (Å²) in [6.07, 6.45) is 1.23. The maximum atomic E-state index is 12.7. The Balaban J connectivity index is 1.62. The second-order valence-corrected chi connectivity index (χ2v) is 6.76. The first-order valence-corrected chi connectivity index (χ1v) is 8.93. The van der Waals surface area contributed by atoms with Crippen molar-refractivity contribution in [1.29, 1.82) is 0 Å². The summed E-state index contributed by atoms with van der Waals surface area (Å²) in [6.45, 7) is 6.33. The van der Waals surface area contributed by atoms with Crippen LogP contribution in [0.15, 0.2) is 24.3 Å². The number of benzene rings is 1. The summed E-state index contributed by atoms with van der Waals surface area (Å²) in [5.74, 6) is -0.207. The first-order chi connectivity index (χ1) is 12.0. The fourth-order valence-corrected chi connectivity index (χ4v) is 3.53.